The second-order valence-corrected chi connectivity index (χ2v) is 7.41. The molecule has 0 bridgehead atoms. The van der Waals surface area contributed by atoms with Gasteiger partial charge in [0.1, 0.15) is 17.7 Å². The fraction of sp³-hybridized carbons (Fsp3) is 0.217. The Morgan fingerprint density at radius 3 is 2.68 bits per heavy atom. The van der Waals surface area contributed by atoms with Crippen molar-refractivity contribution in [3.63, 3.8) is 0 Å². The second-order valence-electron chi connectivity index (χ2n) is 7.41. The van der Waals surface area contributed by atoms with Gasteiger partial charge in [-0.1, -0.05) is 18.2 Å². The molecule has 2 aromatic heterocycles. The van der Waals surface area contributed by atoms with E-state index in [0.29, 0.717) is 28.4 Å². The number of imidazole rings is 1. The molecule has 0 amide bonds. The number of nitrogens with zero attached hydrogens (tertiary/aromatic N) is 4. The van der Waals surface area contributed by atoms with Gasteiger partial charge in [0.15, 0.2) is 17.2 Å². The lowest BCUT2D eigenvalue weighted by molar-refractivity contribution is 0.101. The molecule has 0 unspecified atom stereocenters. The van der Waals surface area contributed by atoms with Crippen LogP contribution in [-0.4, -0.2) is 52.0 Å². The standard InChI is InChI=1S/C23H22N6O2/c1-15(30)16-3-2-4-17(13-16)21-27-20-22(24-14-25-23(20)28-21)26-18-5-7-19(8-6-18)29-9-11-31-12-10-29/h2-8,13-14H,9-12H2,1H3,(H2,24,25,26,27,28). The number of ketones is 1. The van der Waals surface area contributed by atoms with Crippen LogP contribution in [0.25, 0.3) is 22.6 Å². The topological polar surface area (TPSA) is 96.0 Å². The number of aromatic nitrogens is 4. The van der Waals surface area contributed by atoms with E-state index in [2.05, 4.69) is 42.3 Å². The number of carbonyl (C=O) groups excluding carboxylic acids is 1. The summed E-state index contributed by atoms with van der Waals surface area (Å²) in [5.41, 5.74) is 4.84. The zero-order valence-electron chi connectivity index (χ0n) is 17.1. The van der Waals surface area contributed by atoms with E-state index >= 15 is 0 Å². The lowest BCUT2D eigenvalue weighted by atomic mass is 10.1. The Balaban J connectivity index is 1.42. The summed E-state index contributed by atoms with van der Waals surface area (Å²) >= 11 is 0. The van der Waals surface area contributed by atoms with Crippen LogP contribution in [0, 0.1) is 0 Å². The molecular weight excluding hydrogens is 392 g/mol. The number of hydrogen-bond acceptors (Lipinski definition) is 7. The molecule has 0 atom stereocenters. The number of aromatic amines is 1. The lowest BCUT2D eigenvalue weighted by Gasteiger charge is -2.28. The smallest absolute Gasteiger partial charge is 0.183 e. The minimum Gasteiger partial charge on any atom is -0.378 e. The minimum absolute atomic E-state index is 0.0145. The first-order valence-corrected chi connectivity index (χ1v) is 10.2. The van der Waals surface area contributed by atoms with Gasteiger partial charge in [-0.3, -0.25) is 4.79 Å². The number of benzene rings is 2. The third kappa shape index (κ3) is 3.97. The number of hydrogen-bond donors (Lipinski definition) is 2. The molecule has 2 N–H and O–H groups in total. The van der Waals surface area contributed by atoms with Crippen molar-refractivity contribution >= 4 is 34.1 Å². The van der Waals surface area contributed by atoms with Crippen LogP contribution in [0.5, 0.6) is 0 Å². The van der Waals surface area contributed by atoms with Gasteiger partial charge in [-0.05, 0) is 37.3 Å². The number of anilines is 3. The van der Waals surface area contributed by atoms with Crippen molar-refractivity contribution in [2.24, 2.45) is 0 Å². The molecule has 0 aliphatic carbocycles. The molecule has 8 heteroatoms. The van der Waals surface area contributed by atoms with Crippen LogP contribution in [0.1, 0.15) is 17.3 Å². The number of carbonyl (C=O) groups is 1. The van der Waals surface area contributed by atoms with E-state index in [-0.39, 0.29) is 5.78 Å². The summed E-state index contributed by atoms with van der Waals surface area (Å²) in [7, 11) is 0. The maximum absolute atomic E-state index is 11.7. The highest BCUT2D eigenvalue weighted by Crippen LogP contribution is 2.27. The Hall–Kier alpha value is -3.78. The van der Waals surface area contributed by atoms with Gasteiger partial charge in [-0.25, -0.2) is 15.0 Å². The molecule has 5 rings (SSSR count). The molecule has 31 heavy (non-hydrogen) atoms. The Labute approximate surface area is 179 Å². The van der Waals surface area contributed by atoms with Gasteiger partial charge >= 0.3 is 0 Å². The predicted octanol–water partition coefficient (Wildman–Crippen LogP) is 3.80. The molecule has 8 nitrogen and oxygen atoms in total. The van der Waals surface area contributed by atoms with Crippen molar-refractivity contribution in [1.82, 2.24) is 19.9 Å². The van der Waals surface area contributed by atoms with Crippen LogP contribution in [-0.2, 0) is 4.74 Å². The number of ether oxygens (including phenoxy) is 1. The number of morpholine rings is 1. The van der Waals surface area contributed by atoms with Crippen LogP contribution in [0.15, 0.2) is 54.9 Å². The summed E-state index contributed by atoms with van der Waals surface area (Å²) in [5, 5.41) is 3.35. The van der Waals surface area contributed by atoms with Crippen molar-refractivity contribution in [2.75, 3.05) is 36.5 Å². The fourth-order valence-electron chi connectivity index (χ4n) is 3.66. The molecule has 1 aliphatic heterocycles. The van der Waals surface area contributed by atoms with Crippen molar-refractivity contribution in [2.45, 2.75) is 6.92 Å². The highest BCUT2D eigenvalue weighted by atomic mass is 16.5. The van der Waals surface area contributed by atoms with Crippen LogP contribution >= 0.6 is 0 Å². The van der Waals surface area contributed by atoms with Crippen LogP contribution < -0.4 is 10.2 Å². The summed E-state index contributed by atoms with van der Waals surface area (Å²) in [4.78, 5) is 30.6. The summed E-state index contributed by atoms with van der Waals surface area (Å²) in [6, 6.07) is 15.6. The molecule has 1 saturated heterocycles. The highest BCUT2D eigenvalue weighted by Gasteiger charge is 2.14. The average molecular weight is 414 g/mol. The SMILES string of the molecule is CC(=O)c1cccc(-c2nc3ncnc(Nc4ccc(N5CCOCC5)cc4)c3[nH]2)c1. The van der Waals surface area contributed by atoms with Gasteiger partial charge in [0, 0.05) is 35.6 Å². The van der Waals surface area contributed by atoms with Gasteiger partial charge in [0.2, 0.25) is 0 Å². The maximum Gasteiger partial charge on any atom is 0.183 e. The Morgan fingerprint density at radius 2 is 1.90 bits per heavy atom. The Bertz CT molecular complexity index is 1230. The molecule has 4 aromatic rings. The predicted molar refractivity (Wildman–Crippen MR) is 120 cm³/mol. The van der Waals surface area contributed by atoms with Crippen LogP contribution in [0.4, 0.5) is 17.2 Å². The number of Topliss-reactive ketones (excluding diaryl/α,β-unsaturated/α-hetero) is 1. The minimum atomic E-state index is 0.0145. The first-order valence-electron chi connectivity index (χ1n) is 10.2. The second kappa shape index (κ2) is 8.16. The Kier molecular flexibility index (Phi) is 5.05. The van der Waals surface area contributed by atoms with Gasteiger partial charge < -0.3 is 19.9 Å². The van der Waals surface area contributed by atoms with E-state index in [1.807, 2.05) is 30.3 Å². The first kappa shape index (κ1) is 19.2. The molecule has 1 aliphatic rings. The lowest BCUT2D eigenvalue weighted by Crippen LogP contribution is -2.36. The third-order valence-corrected chi connectivity index (χ3v) is 5.34. The van der Waals surface area contributed by atoms with Crippen LogP contribution in [0.2, 0.25) is 0 Å². The largest absolute Gasteiger partial charge is 0.378 e. The number of fused-ring (bicyclic) bond motifs is 1. The van der Waals surface area contributed by atoms with Crippen molar-refractivity contribution in [3.8, 4) is 11.4 Å². The summed E-state index contributed by atoms with van der Waals surface area (Å²) in [6.07, 6.45) is 1.49. The zero-order valence-corrected chi connectivity index (χ0v) is 17.1. The zero-order chi connectivity index (χ0) is 21.2. The third-order valence-electron chi connectivity index (χ3n) is 5.34. The molecule has 2 aromatic carbocycles. The number of H-pyrrole nitrogens is 1. The molecule has 0 saturated carbocycles. The molecule has 1 fully saturated rings. The average Bonchev–Trinajstić information content (AvgIpc) is 3.26. The molecule has 0 spiro atoms. The highest BCUT2D eigenvalue weighted by molar-refractivity contribution is 5.95. The van der Waals surface area contributed by atoms with E-state index < -0.39 is 0 Å². The quantitative estimate of drug-likeness (QED) is 0.480. The van der Waals surface area contributed by atoms with E-state index in [4.69, 9.17) is 4.74 Å². The molecule has 3 heterocycles. The van der Waals surface area contributed by atoms with E-state index in [1.54, 1.807) is 13.0 Å². The summed E-state index contributed by atoms with van der Waals surface area (Å²) in [6.45, 7) is 4.88. The number of rotatable bonds is 5. The van der Waals surface area contributed by atoms with Crippen molar-refractivity contribution in [1.29, 1.82) is 0 Å². The number of nitrogens with one attached hydrogen (secondary N) is 2. The van der Waals surface area contributed by atoms with Gasteiger partial charge in [0.05, 0.1) is 13.2 Å². The van der Waals surface area contributed by atoms with Gasteiger partial charge in [0.25, 0.3) is 0 Å². The fourth-order valence-corrected chi connectivity index (χ4v) is 3.66. The summed E-state index contributed by atoms with van der Waals surface area (Å²) < 4.78 is 5.42. The molecule has 156 valence electrons. The molecule has 0 radical (unpaired) electrons. The monoisotopic (exact) mass is 414 g/mol. The van der Waals surface area contributed by atoms with E-state index in [0.717, 1.165) is 37.6 Å². The van der Waals surface area contributed by atoms with E-state index in [1.165, 1.54) is 12.0 Å². The Morgan fingerprint density at radius 1 is 1.10 bits per heavy atom. The van der Waals surface area contributed by atoms with Crippen LogP contribution in [0.3, 0.4) is 0 Å². The first-order chi connectivity index (χ1) is 15.2. The van der Waals surface area contributed by atoms with Gasteiger partial charge in [-0.2, -0.15) is 0 Å². The van der Waals surface area contributed by atoms with E-state index in [9.17, 15) is 4.79 Å². The van der Waals surface area contributed by atoms with Crippen molar-refractivity contribution in [3.05, 3.63) is 60.4 Å². The van der Waals surface area contributed by atoms with Crippen molar-refractivity contribution < 1.29 is 9.53 Å². The van der Waals surface area contributed by atoms with Gasteiger partial charge in [-0.15, -0.1) is 0 Å². The normalized spacial score (nSPS) is 14.0. The maximum atomic E-state index is 11.7. The molecular formula is C23H22N6O2. The summed E-state index contributed by atoms with van der Waals surface area (Å²) in [5.74, 6) is 1.30.